The number of sulfonamides is 1. The molecule has 3 rings (SSSR count). The largest absolute Gasteiger partial charge is 0.310 e. The van der Waals surface area contributed by atoms with Gasteiger partial charge in [-0.25, -0.2) is 12.7 Å². The Bertz CT molecular complexity index is 550. The molecule has 1 N–H and O–H groups in total. The van der Waals surface area contributed by atoms with E-state index >= 15 is 0 Å². The Labute approximate surface area is 121 Å². The number of benzene rings is 1. The number of piperidine rings is 1. The summed E-state index contributed by atoms with van der Waals surface area (Å²) in [6.45, 7) is 1.30. The van der Waals surface area contributed by atoms with Crippen molar-refractivity contribution in [2.24, 2.45) is 0 Å². The second kappa shape index (κ2) is 5.47. The molecule has 5 heteroatoms. The van der Waals surface area contributed by atoms with Crippen LogP contribution in [0.2, 0.25) is 0 Å². The number of nitrogens with zero attached hydrogens (tertiary/aromatic N) is 1. The van der Waals surface area contributed by atoms with E-state index in [2.05, 4.69) is 35.6 Å². The van der Waals surface area contributed by atoms with Gasteiger partial charge in [0.25, 0.3) is 0 Å². The van der Waals surface area contributed by atoms with Crippen LogP contribution in [-0.4, -0.2) is 44.2 Å². The molecule has 4 nitrogen and oxygen atoms in total. The molecule has 0 aromatic heterocycles. The van der Waals surface area contributed by atoms with Crippen molar-refractivity contribution in [2.45, 2.75) is 37.3 Å². The highest BCUT2D eigenvalue weighted by Crippen LogP contribution is 2.41. The lowest BCUT2D eigenvalue weighted by Gasteiger charge is -2.31. The number of nitrogens with one attached hydrogen (secondary N) is 1. The number of hydrogen-bond acceptors (Lipinski definition) is 3. The Balaban J connectivity index is 1.48. The molecule has 1 aromatic carbocycles. The monoisotopic (exact) mass is 294 g/mol. The zero-order valence-electron chi connectivity index (χ0n) is 11.8. The molecule has 0 amide bonds. The highest BCUT2D eigenvalue weighted by atomic mass is 32.2. The lowest BCUT2D eigenvalue weighted by molar-refractivity contribution is 0.289. The minimum atomic E-state index is -3.01. The third-order valence-corrected chi connectivity index (χ3v) is 5.69. The van der Waals surface area contributed by atoms with Crippen LogP contribution in [0.1, 0.15) is 30.7 Å². The van der Waals surface area contributed by atoms with Crippen molar-refractivity contribution in [3.05, 3.63) is 35.9 Å². The molecule has 2 aliphatic rings. The zero-order valence-corrected chi connectivity index (χ0v) is 12.6. The van der Waals surface area contributed by atoms with Crippen LogP contribution in [0.5, 0.6) is 0 Å². The molecular formula is C15H22N2O2S. The average Bonchev–Trinajstić information content (AvgIpc) is 3.19. The van der Waals surface area contributed by atoms with Crippen molar-refractivity contribution in [1.29, 1.82) is 0 Å². The Kier molecular flexibility index (Phi) is 3.84. The van der Waals surface area contributed by atoms with Crippen molar-refractivity contribution in [3.8, 4) is 0 Å². The van der Waals surface area contributed by atoms with Crippen molar-refractivity contribution in [3.63, 3.8) is 0 Å². The minimum Gasteiger partial charge on any atom is -0.310 e. The van der Waals surface area contributed by atoms with Crippen LogP contribution in [0.25, 0.3) is 0 Å². The van der Waals surface area contributed by atoms with E-state index in [1.807, 2.05) is 0 Å². The van der Waals surface area contributed by atoms with Gasteiger partial charge in [-0.1, -0.05) is 30.3 Å². The highest BCUT2D eigenvalue weighted by Gasteiger charge is 2.40. The molecule has 0 bridgehead atoms. The quantitative estimate of drug-likeness (QED) is 0.917. The van der Waals surface area contributed by atoms with Crippen LogP contribution in [0.4, 0.5) is 0 Å². The molecule has 0 spiro atoms. The van der Waals surface area contributed by atoms with Crippen LogP contribution >= 0.6 is 0 Å². The van der Waals surface area contributed by atoms with Crippen LogP contribution in [0.3, 0.4) is 0 Å². The third-order valence-electron chi connectivity index (χ3n) is 4.39. The molecule has 2 fully saturated rings. The van der Waals surface area contributed by atoms with E-state index < -0.39 is 10.0 Å². The first-order valence-electron chi connectivity index (χ1n) is 7.30. The predicted molar refractivity (Wildman–Crippen MR) is 80.2 cm³/mol. The van der Waals surface area contributed by atoms with Crippen LogP contribution in [0, 0.1) is 0 Å². The lowest BCUT2D eigenvalue weighted by Crippen LogP contribution is -2.45. The SMILES string of the molecule is CS(=O)(=O)N1CCC(N[C@@H]2C[C@H]2c2ccccc2)CC1. The summed E-state index contributed by atoms with van der Waals surface area (Å²) in [5.41, 5.74) is 1.42. The molecule has 1 heterocycles. The van der Waals surface area contributed by atoms with Gasteiger partial charge in [0, 0.05) is 31.1 Å². The van der Waals surface area contributed by atoms with Gasteiger partial charge in [0.05, 0.1) is 6.26 Å². The molecular weight excluding hydrogens is 272 g/mol. The summed E-state index contributed by atoms with van der Waals surface area (Å²) in [7, 11) is -3.01. The highest BCUT2D eigenvalue weighted by molar-refractivity contribution is 7.88. The Morgan fingerprint density at radius 1 is 1.15 bits per heavy atom. The van der Waals surface area contributed by atoms with Gasteiger partial charge in [0.1, 0.15) is 0 Å². The molecule has 0 unspecified atom stereocenters. The smallest absolute Gasteiger partial charge is 0.211 e. The van der Waals surface area contributed by atoms with Gasteiger partial charge in [-0.2, -0.15) is 0 Å². The first-order chi connectivity index (χ1) is 9.54. The molecule has 20 heavy (non-hydrogen) atoms. The van der Waals surface area contributed by atoms with Gasteiger partial charge in [0.15, 0.2) is 0 Å². The second-order valence-electron chi connectivity index (χ2n) is 5.96. The predicted octanol–water partition coefficient (Wildman–Crippen LogP) is 1.56. The molecule has 110 valence electrons. The molecule has 1 saturated heterocycles. The summed E-state index contributed by atoms with van der Waals surface area (Å²) in [5.74, 6) is 0.643. The maximum absolute atomic E-state index is 11.5. The minimum absolute atomic E-state index is 0.465. The summed E-state index contributed by atoms with van der Waals surface area (Å²) in [6, 6.07) is 11.7. The topological polar surface area (TPSA) is 49.4 Å². The zero-order chi connectivity index (χ0) is 14.2. The lowest BCUT2D eigenvalue weighted by atomic mass is 10.1. The van der Waals surface area contributed by atoms with Crippen LogP contribution in [-0.2, 0) is 10.0 Å². The van der Waals surface area contributed by atoms with Crippen molar-refractivity contribution in [2.75, 3.05) is 19.3 Å². The standard InChI is InChI=1S/C15H22N2O2S/c1-20(18,19)17-9-7-13(8-10-17)16-15-11-14(15)12-5-3-2-4-6-12/h2-6,13-16H,7-11H2,1H3/t14-,15+/m0/s1. The number of hydrogen-bond donors (Lipinski definition) is 1. The molecule has 1 aliphatic carbocycles. The molecule has 1 saturated carbocycles. The number of rotatable bonds is 4. The summed E-state index contributed by atoms with van der Waals surface area (Å²) in [5, 5.41) is 3.69. The molecule has 1 aliphatic heterocycles. The Hall–Kier alpha value is -0.910. The van der Waals surface area contributed by atoms with Gasteiger partial charge in [-0.3, -0.25) is 0 Å². The maximum atomic E-state index is 11.5. The molecule has 0 radical (unpaired) electrons. The van der Waals surface area contributed by atoms with Gasteiger partial charge >= 0.3 is 0 Å². The average molecular weight is 294 g/mol. The van der Waals surface area contributed by atoms with E-state index in [9.17, 15) is 8.42 Å². The maximum Gasteiger partial charge on any atom is 0.211 e. The summed E-state index contributed by atoms with van der Waals surface area (Å²) in [6.07, 6.45) is 4.35. The summed E-state index contributed by atoms with van der Waals surface area (Å²) >= 11 is 0. The second-order valence-corrected chi connectivity index (χ2v) is 7.94. The van der Waals surface area contributed by atoms with Gasteiger partial charge < -0.3 is 5.32 Å². The fourth-order valence-electron chi connectivity index (χ4n) is 3.10. The van der Waals surface area contributed by atoms with Crippen LogP contribution < -0.4 is 5.32 Å². The van der Waals surface area contributed by atoms with Crippen LogP contribution in [0.15, 0.2) is 30.3 Å². The molecule has 2 atom stereocenters. The van der Waals surface area contributed by atoms with E-state index in [0.29, 0.717) is 31.1 Å². The normalized spacial score (nSPS) is 28.4. The fourth-order valence-corrected chi connectivity index (χ4v) is 3.98. The van der Waals surface area contributed by atoms with Gasteiger partial charge in [0.2, 0.25) is 10.0 Å². The molecule has 1 aromatic rings. The van der Waals surface area contributed by atoms with E-state index in [-0.39, 0.29) is 0 Å². The summed E-state index contributed by atoms with van der Waals surface area (Å²) < 4.78 is 24.5. The summed E-state index contributed by atoms with van der Waals surface area (Å²) in [4.78, 5) is 0. The van der Waals surface area contributed by atoms with E-state index in [4.69, 9.17) is 0 Å². The van der Waals surface area contributed by atoms with E-state index in [1.165, 1.54) is 18.2 Å². The third kappa shape index (κ3) is 3.22. The van der Waals surface area contributed by atoms with Crippen molar-refractivity contribution in [1.82, 2.24) is 9.62 Å². The van der Waals surface area contributed by atoms with E-state index in [1.54, 1.807) is 4.31 Å². The van der Waals surface area contributed by atoms with Gasteiger partial charge in [-0.15, -0.1) is 0 Å². The van der Waals surface area contributed by atoms with Crippen molar-refractivity contribution >= 4 is 10.0 Å². The fraction of sp³-hybridized carbons (Fsp3) is 0.600. The Morgan fingerprint density at radius 2 is 1.80 bits per heavy atom. The first kappa shape index (κ1) is 14.0. The Morgan fingerprint density at radius 3 is 2.40 bits per heavy atom. The van der Waals surface area contributed by atoms with Crippen molar-refractivity contribution < 1.29 is 8.42 Å². The van der Waals surface area contributed by atoms with E-state index in [0.717, 1.165) is 12.8 Å². The first-order valence-corrected chi connectivity index (χ1v) is 9.15. The van der Waals surface area contributed by atoms with Gasteiger partial charge in [-0.05, 0) is 24.8 Å².